The van der Waals surface area contributed by atoms with Crippen LogP contribution in [0.1, 0.15) is 33.1 Å². The Morgan fingerprint density at radius 3 is 2.36 bits per heavy atom. The quantitative estimate of drug-likeness (QED) is 0.555. The average molecular weight is 202 g/mol. The van der Waals surface area contributed by atoms with Gasteiger partial charge in [0.15, 0.2) is 0 Å². The summed E-state index contributed by atoms with van der Waals surface area (Å²) in [6.45, 7) is 4.86. The van der Waals surface area contributed by atoms with E-state index in [0.717, 1.165) is 0 Å². The molecule has 4 heteroatoms. The number of hydrogen-bond acceptors (Lipinski definition) is 3. The summed E-state index contributed by atoms with van der Waals surface area (Å²) in [5.74, 6) is -0.0142. The van der Waals surface area contributed by atoms with Gasteiger partial charge in [0.25, 0.3) is 0 Å². The molecule has 0 aromatic carbocycles. The predicted molar refractivity (Wildman–Crippen MR) is 57.1 cm³/mol. The number of hydrogen-bond donors (Lipinski definition) is 3. The first-order valence-electron chi connectivity index (χ1n) is 5.21. The van der Waals surface area contributed by atoms with Crippen molar-refractivity contribution < 1.29 is 9.90 Å². The summed E-state index contributed by atoms with van der Waals surface area (Å²) in [7, 11) is 1.81. The lowest BCUT2D eigenvalue weighted by atomic mass is 9.97. The van der Waals surface area contributed by atoms with Gasteiger partial charge in [-0.25, -0.2) is 0 Å². The van der Waals surface area contributed by atoms with Gasteiger partial charge < -0.3 is 15.7 Å². The summed E-state index contributed by atoms with van der Waals surface area (Å²) in [4.78, 5) is 11.2. The smallest absolute Gasteiger partial charge is 0.221 e. The lowest BCUT2D eigenvalue weighted by Gasteiger charge is -2.25. The van der Waals surface area contributed by atoms with Crippen molar-refractivity contribution in [3.05, 3.63) is 0 Å². The van der Waals surface area contributed by atoms with Crippen molar-refractivity contribution in [2.45, 2.75) is 38.7 Å². The van der Waals surface area contributed by atoms with Crippen LogP contribution in [0.3, 0.4) is 0 Å². The van der Waals surface area contributed by atoms with Crippen molar-refractivity contribution >= 4 is 5.91 Å². The van der Waals surface area contributed by atoms with Gasteiger partial charge in [0, 0.05) is 19.5 Å². The van der Waals surface area contributed by atoms with Crippen LogP contribution in [-0.4, -0.2) is 36.8 Å². The summed E-state index contributed by atoms with van der Waals surface area (Å²) in [6, 6.07) is 0. The number of aliphatic hydroxyl groups is 1. The highest BCUT2D eigenvalue weighted by Crippen LogP contribution is 2.12. The fraction of sp³-hybridized carbons (Fsp3) is 0.900. The molecule has 0 aliphatic heterocycles. The molecular weight excluding hydrogens is 180 g/mol. The molecule has 1 amide bonds. The van der Waals surface area contributed by atoms with E-state index in [0.29, 0.717) is 32.4 Å². The van der Waals surface area contributed by atoms with Gasteiger partial charge in [-0.1, -0.05) is 13.8 Å². The van der Waals surface area contributed by atoms with Gasteiger partial charge in [0.1, 0.15) is 0 Å². The number of amides is 1. The molecule has 0 saturated carbocycles. The Balaban J connectivity index is 3.74. The first kappa shape index (κ1) is 13.4. The molecule has 0 heterocycles. The van der Waals surface area contributed by atoms with E-state index in [-0.39, 0.29) is 5.91 Å². The Morgan fingerprint density at radius 2 is 1.93 bits per heavy atom. The van der Waals surface area contributed by atoms with Crippen LogP contribution >= 0.6 is 0 Å². The van der Waals surface area contributed by atoms with Crippen molar-refractivity contribution in [1.29, 1.82) is 0 Å². The van der Waals surface area contributed by atoms with Crippen LogP contribution in [-0.2, 0) is 4.79 Å². The molecule has 0 aromatic heterocycles. The fourth-order valence-electron chi connectivity index (χ4n) is 1.09. The second kappa shape index (κ2) is 6.79. The van der Waals surface area contributed by atoms with Gasteiger partial charge in [0.2, 0.25) is 5.91 Å². The number of carbonyl (C=O) groups is 1. The Kier molecular flexibility index (Phi) is 6.49. The Hall–Kier alpha value is -0.610. The minimum Gasteiger partial charge on any atom is -0.388 e. The molecule has 0 aliphatic rings. The Morgan fingerprint density at radius 1 is 1.36 bits per heavy atom. The van der Waals surface area contributed by atoms with E-state index < -0.39 is 5.60 Å². The summed E-state index contributed by atoms with van der Waals surface area (Å²) < 4.78 is 0. The molecule has 0 radical (unpaired) electrons. The van der Waals surface area contributed by atoms with Gasteiger partial charge in [-0.3, -0.25) is 4.79 Å². The van der Waals surface area contributed by atoms with Crippen LogP contribution in [0.15, 0.2) is 0 Å². The van der Waals surface area contributed by atoms with E-state index in [9.17, 15) is 9.90 Å². The molecule has 0 bridgehead atoms. The van der Waals surface area contributed by atoms with Gasteiger partial charge in [-0.15, -0.1) is 0 Å². The van der Waals surface area contributed by atoms with Crippen LogP contribution in [0.5, 0.6) is 0 Å². The molecular formula is C10H22N2O2. The predicted octanol–water partition coefficient (Wildman–Crippen LogP) is 0.263. The SMILES string of the molecule is CCC(O)(CC)CNC(=O)CCNC. The molecule has 0 fully saturated rings. The molecule has 0 atom stereocenters. The Bertz CT molecular complexity index is 168. The van der Waals surface area contributed by atoms with Crippen LogP contribution in [0, 0.1) is 0 Å². The van der Waals surface area contributed by atoms with Crippen molar-refractivity contribution in [3.8, 4) is 0 Å². The average Bonchev–Trinajstić information content (AvgIpc) is 2.23. The summed E-state index contributed by atoms with van der Waals surface area (Å²) in [5.41, 5.74) is -0.741. The van der Waals surface area contributed by atoms with E-state index in [1.807, 2.05) is 20.9 Å². The number of nitrogens with one attached hydrogen (secondary N) is 2. The highest BCUT2D eigenvalue weighted by molar-refractivity contribution is 5.76. The molecule has 0 aliphatic carbocycles. The van der Waals surface area contributed by atoms with E-state index in [1.165, 1.54) is 0 Å². The Labute approximate surface area is 86.1 Å². The molecule has 0 rings (SSSR count). The van der Waals surface area contributed by atoms with Gasteiger partial charge in [0.05, 0.1) is 5.60 Å². The van der Waals surface area contributed by atoms with E-state index in [4.69, 9.17) is 0 Å². The van der Waals surface area contributed by atoms with Crippen molar-refractivity contribution in [3.63, 3.8) is 0 Å². The minimum absolute atomic E-state index is 0.0142. The maximum atomic E-state index is 11.2. The van der Waals surface area contributed by atoms with Crippen LogP contribution < -0.4 is 10.6 Å². The molecule has 3 N–H and O–H groups in total. The number of rotatable bonds is 7. The standard InChI is InChI=1S/C10H22N2O2/c1-4-10(14,5-2)8-12-9(13)6-7-11-3/h11,14H,4-8H2,1-3H3,(H,12,13). The van der Waals surface area contributed by atoms with Crippen LogP contribution in [0.25, 0.3) is 0 Å². The second-order valence-electron chi connectivity index (χ2n) is 3.56. The maximum absolute atomic E-state index is 11.2. The molecule has 0 aromatic rings. The van der Waals surface area contributed by atoms with Gasteiger partial charge >= 0.3 is 0 Å². The zero-order chi connectivity index (χ0) is 11.0. The third kappa shape index (κ3) is 5.19. The highest BCUT2D eigenvalue weighted by Gasteiger charge is 2.22. The summed E-state index contributed by atoms with van der Waals surface area (Å²) in [6.07, 6.45) is 1.78. The maximum Gasteiger partial charge on any atom is 0.221 e. The highest BCUT2D eigenvalue weighted by atomic mass is 16.3. The molecule has 4 nitrogen and oxygen atoms in total. The minimum atomic E-state index is -0.741. The number of carbonyl (C=O) groups excluding carboxylic acids is 1. The van der Waals surface area contributed by atoms with Crippen molar-refractivity contribution in [2.24, 2.45) is 0 Å². The normalized spacial score (nSPS) is 11.4. The zero-order valence-electron chi connectivity index (χ0n) is 9.39. The van der Waals surface area contributed by atoms with Gasteiger partial charge in [-0.2, -0.15) is 0 Å². The van der Waals surface area contributed by atoms with Crippen molar-refractivity contribution in [2.75, 3.05) is 20.1 Å². The summed E-state index contributed by atoms with van der Waals surface area (Å²) >= 11 is 0. The lowest BCUT2D eigenvalue weighted by molar-refractivity contribution is -0.122. The van der Waals surface area contributed by atoms with E-state index in [2.05, 4.69) is 10.6 Å². The largest absolute Gasteiger partial charge is 0.388 e. The van der Waals surface area contributed by atoms with Crippen LogP contribution in [0.2, 0.25) is 0 Å². The van der Waals surface area contributed by atoms with E-state index >= 15 is 0 Å². The molecule has 0 spiro atoms. The lowest BCUT2D eigenvalue weighted by Crippen LogP contribution is -2.42. The zero-order valence-corrected chi connectivity index (χ0v) is 9.39. The molecule has 0 saturated heterocycles. The summed E-state index contributed by atoms with van der Waals surface area (Å²) in [5, 5.41) is 15.5. The third-order valence-corrected chi connectivity index (χ3v) is 2.53. The van der Waals surface area contributed by atoms with Crippen LogP contribution in [0.4, 0.5) is 0 Å². The molecule has 14 heavy (non-hydrogen) atoms. The monoisotopic (exact) mass is 202 g/mol. The fourth-order valence-corrected chi connectivity index (χ4v) is 1.09. The van der Waals surface area contributed by atoms with Crippen molar-refractivity contribution in [1.82, 2.24) is 10.6 Å². The third-order valence-electron chi connectivity index (χ3n) is 2.53. The first-order chi connectivity index (χ1) is 6.58. The van der Waals surface area contributed by atoms with Gasteiger partial charge in [-0.05, 0) is 19.9 Å². The molecule has 84 valence electrons. The van der Waals surface area contributed by atoms with E-state index in [1.54, 1.807) is 0 Å². The first-order valence-corrected chi connectivity index (χ1v) is 5.21. The molecule has 0 unspecified atom stereocenters. The second-order valence-corrected chi connectivity index (χ2v) is 3.56. The topological polar surface area (TPSA) is 61.4 Å².